The van der Waals surface area contributed by atoms with Crippen molar-refractivity contribution in [1.82, 2.24) is 4.57 Å². The lowest BCUT2D eigenvalue weighted by molar-refractivity contribution is 0.330. The highest BCUT2D eigenvalue weighted by Crippen LogP contribution is 2.54. The van der Waals surface area contributed by atoms with Crippen molar-refractivity contribution in [3.8, 4) is 16.8 Å². The predicted molar refractivity (Wildman–Crippen MR) is 262 cm³/mol. The molecule has 4 nitrogen and oxygen atoms in total. The average molecular weight is 800 g/mol. The molecule has 0 spiro atoms. The van der Waals surface area contributed by atoms with Crippen LogP contribution in [0.5, 0.6) is 0 Å². The van der Waals surface area contributed by atoms with Crippen LogP contribution < -0.4 is 20.6 Å². The van der Waals surface area contributed by atoms with Crippen molar-refractivity contribution in [2.75, 3.05) is 9.71 Å². The Labute approximate surface area is 362 Å². The number of anilines is 5. The van der Waals surface area contributed by atoms with Gasteiger partial charge in [-0.2, -0.15) is 0 Å². The van der Waals surface area contributed by atoms with E-state index >= 15 is 0 Å². The Morgan fingerprint density at radius 3 is 2.02 bits per heavy atom. The molecule has 3 aliphatic rings. The number of para-hydroxylation sites is 5. The second-order valence-corrected chi connectivity index (χ2v) is 19.1. The van der Waals surface area contributed by atoms with Gasteiger partial charge in [0.15, 0.2) is 0 Å². The maximum atomic E-state index is 6.77. The second-order valence-electron chi connectivity index (χ2n) is 19.1. The Bertz CT molecular complexity index is 3460. The molecule has 0 atom stereocenters. The van der Waals surface area contributed by atoms with Crippen LogP contribution in [0.2, 0.25) is 0 Å². The third kappa shape index (κ3) is 4.74. The van der Waals surface area contributed by atoms with E-state index in [1.807, 2.05) is 0 Å². The number of hydrogen-bond donors (Lipinski definition) is 0. The molecule has 10 aromatic rings. The van der Waals surface area contributed by atoms with Gasteiger partial charge in [-0.05, 0) is 131 Å². The lowest BCUT2D eigenvalue weighted by atomic mass is 9.43. The van der Waals surface area contributed by atoms with Gasteiger partial charge in [-0.25, -0.2) is 0 Å². The lowest BCUT2D eigenvalue weighted by Gasteiger charge is -2.46. The molecule has 0 amide bonds. The summed E-state index contributed by atoms with van der Waals surface area (Å²) >= 11 is 0. The Morgan fingerprint density at radius 1 is 0.565 bits per heavy atom. The lowest BCUT2D eigenvalue weighted by Crippen LogP contribution is -2.61. The first-order valence-corrected chi connectivity index (χ1v) is 22.2. The predicted octanol–water partition coefficient (Wildman–Crippen LogP) is 14.0. The molecular formula is C57H46BN3O. The summed E-state index contributed by atoms with van der Waals surface area (Å²) in [7, 11) is 0. The largest absolute Gasteiger partial charge is 0.456 e. The van der Waals surface area contributed by atoms with Crippen LogP contribution in [0.15, 0.2) is 168 Å². The van der Waals surface area contributed by atoms with E-state index in [4.69, 9.17) is 4.42 Å². The molecule has 0 saturated carbocycles. The molecular weight excluding hydrogens is 753 g/mol. The molecule has 298 valence electrons. The van der Waals surface area contributed by atoms with E-state index < -0.39 is 0 Å². The third-order valence-electron chi connectivity index (χ3n) is 14.7. The number of aromatic nitrogens is 1. The fraction of sp³-hybridized carbons (Fsp3) is 0.158. The van der Waals surface area contributed by atoms with Gasteiger partial charge < -0.3 is 18.7 Å². The van der Waals surface area contributed by atoms with E-state index in [-0.39, 0.29) is 17.7 Å². The summed E-state index contributed by atoms with van der Waals surface area (Å²) in [5, 5.41) is 4.85. The van der Waals surface area contributed by atoms with Gasteiger partial charge in [-0.1, -0.05) is 125 Å². The van der Waals surface area contributed by atoms with Crippen molar-refractivity contribution in [3.63, 3.8) is 0 Å². The Balaban J connectivity index is 1.22. The summed E-state index contributed by atoms with van der Waals surface area (Å²) < 4.78 is 9.35. The Hall–Kier alpha value is -6.98. The van der Waals surface area contributed by atoms with E-state index in [0.29, 0.717) is 0 Å². The van der Waals surface area contributed by atoms with Gasteiger partial charge in [-0.3, -0.25) is 0 Å². The molecule has 2 aliphatic heterocycles. The Morgan fingerprint density at radius 2 is 1.24 bits per heavy atom. The monoisotopic (exact) mass is 799 g/mol. The highest BCUT2D eigenvalue weighted by Gasteiger charge is 2.47. The zero-order valence-corrected chi connectivity index (χ0v) is 35.8. The first-order valence-electron chi connectivity index (χ1n) is 22.2. The fourth-order valence-corrected chi connectivity index (χ4v) is 11.9. The first kappa shape index (κ1) is 35.7. The highest BCUT2D eigenvalue weighted by molar-refractivity contribution is 6.94. The van der Waals surface area contributed by atoms with E-state index in [9.17, 15) is 0 Å². The van der Waals surface area contributed by atoms with E-state index in [1.165, 1.54) is 84.0 Å². The molecule has 0 saturated heterocycles. The molecule has 62 heavy (non-hydrogen) atoms. The summed E-state index contributed by atoms with van der Waals surface area (Å²) in [6.45, 7) is 12.1. The second kappa shape index (κ2) is 12.5. The van der Waals surface area contributed by atoms with Gasteiger partial charge in [0.1, 0.15) is 11.2 Å². The van der Waals surface area contributed by atoms with Gasteiger partial charge in [0.25, 0.3) is 0 Å². The first-order chi connectivity index (χ1) is 30.2. The van der Waals surface area contributed by atoms with E-state index in [0.717, 1.165) is 45.4 Å². The molecule has 5 heteroatoms. The molecule has 13 rings (SSSR count). The molecule has 0 N–H and O–H groups in total. The van der Waals surface area contributed by atoms with Crippen LogP contribution in [0.1, 0.15) is 57.2 Å². The number of hydrogen-bond acceptors (Lipinski definition) is 3. The van der Waals surface area contributed by atoms with Gasteiger partial charge >= 0.3 is 6.85 Å². The minimum absolute atomic E-state index is 0.0349. The van der Waals surface area contributed by atoms with Gasteiger partial charge in [-0.15, -0.1) is 0 Å². The minimum atomic E-state index is -0.125. The van der Waals surface area contributed by atoms with Crippen molar-refractivity contribution in [2.24, 2.45) is 0 Å². The molecule has 0 bridgehead atoms. The topological polar surface area (TPSA) is 24.6 Å². The normalized spacial score (nSPS) is 15.6. The van der Waals surface area contributed by atoms with Gasteiger partial charge in [0, 0.05) is 55.8 Å². The maximum Gasteiger partial charge on any atom is 0.333 e. The molecule has 4 heterocycles. The third-order valence-corrected chi connectivity index (χ3v) is 14.7. The van der Waals surface area contributed by atoms with Crippen LogP contribution in [0.25, 0.3) is 60.6 Å². The van der Waals surface area contributed by atoms with Crippen LogP contribution in [0.3, 0.4) is 0 Å². The molecule has 1 aliphatic carbocycles. The minimum Gasteiger partial charge on any atom is -0.456 e. The smallest absolute Gasteiger partial charge is 0.333 e. The SMILES string of the molecule is Cc1c(N2B3c4c(cc(N(c5ccccc5)c5ccccc5)cc4-n4c5ccccc5c5cccc3c54)-c3ccc4oc5ccccc5c4c32)ccc2c1C(C)(C)CCC2(C)C. The summed E-state index contributed by atoms with van der Waals surface area (Å²) in [6, 6.07) is 60.6. The standard InChI is InChI=1S/C57H46BN3O/c1-35-46(29-28-44-52(35)57(4,5)32-31-56(44,2)3)61-55-41(27-30-50-51(55)42-22-13-15-26-49(42)62-50)43-33-38(59(36-17-8-6-9-18-36)37-19-10-7-11-20-37)34-48-53(43)58(61)45-24-16-23-40-39-21-12-14-25-47(39)60(48)54(40)45/h6-30,33-34H,31-32H2,1-5H3. The molecule has 8 aromatic carbocycles. The summed E-state index contributed by atoms with van der Waals surface area (Å²) in [6.07, 6.45) is 2.33. The summed E-state index contributed by atoms with van der Waals surface area (Å²) in [5.74, 6) is 0. The summed E-state index contributed by atoms with van der Waals surface area (Å²) in [5.41, 5.74) is 20.9. The van der Waals surface area contributed by atoms with Crippen LogP contribution >= 0.6 is 0 Å². The van der Waals surface area contributed by atoms with E-state index in [2.05, 4.69) is 213 Å². The quantitative estimate of drug-likeness (QED) is 0.166. The maximum absolute atomic E-state index is 6.77. The molecule has 0 fully saturated rings. The van der Waals surface area contributed by atoms with Crippen molar-refractivity contribution in [2.45, 2.75) is 58.3 Å². The number of furan rings is 1. The van der Waals surface area contributed by atoms with Crippen LogP contribution in [0, 0.1) is 6.92 Å². The van der Waals surface area contributed by atoms with Crippen LogP contribution in [0.4, 0.5) is 28.4 Å². The molecule has 0 unspecified atom stereocenters. The van der Waals surface area contributed by atoms with Gasteiger partial charge in [0.2, 0.25) is 0 Å². The summed E-state index contributed by atoms with van der Waals surface area (Å²) in [4.78, 5) is 5.16. The van der Waals surface area contributed by atoms with Crippen molar-refractivity contribution in [3.05, 3.63) is 180 Å². The van der Waals surface area contributed by atoms with Gasteiger partial charge in [0.05, 0.1) is 16.4 Å². The van der Waals surface area contributed by atoms with Crippen molar-refractivity contribution < 1.29 is 4.42 Å². The Kier molecular flexibility index (Phi) is 7.24. The highest BCUT2D eigenvalue weighted by atomic mass is 16.3. The number of fused-ring (bicyclic) bond motifs is 12. The number of benzene rings is 8. The van der Waals surface area contributed by atoms with E-state index in [1.54, 1.807) is 0 Å². The van der Waals surface area contributed by atoms with Crippen molar-refractivity contribution in [1.29, 1.82) is 0 Å². The van der Waals surface area contributed by atoms with Crippen LogP contribution in [-0.4, -0.2) is 11.4 Å². The average Bonchev–Trinajstić information content (AvgIpc) is 3.84. The van der Waals surface area contributed by atoms with Crippen LogP contribution in [-0.2, 0) is 10.8 Å². The zero-order valence-electron chi connectivity index (χ0n) is 35.8. The van der Waals surface area contributed by atoms with Crippen molar-refractivity contribution >= 4 is 90.0 Å². The fourth-order valence-electron chi connectivity index (χ4n) is 11.9. The number of nitrogens with zero attached hydrogens (tertiary/aromatic N) is 3. The number of rotatable bonds is 4. The zero-order chi connectivity index (χ0) is 41.6. The molecule has 2 aromatic heterocycles. The molecule has 0 radical (unpaired) electrons.